The number of phenolic OH excluding ortho intramolecular Hbond substituents is 2. The van der Waals surface area contributed by atoms with Crippen LogP contribution in [0.5, 0.6) is 11.5 Å². The normalized spacial score (nSPS) is 19.8. The lowest BCUT2D eigenvalue weighted by Gasteiger charge is -2.20. The lowest BCUT2D eigenvalue weighted by Crippen LogP contribution is -2.30. The predicted molar refractivity (Wildman–Crippen MR) is 87.6 cm³/mol. The van der Waals surface area contributed by atoms with Gasteiger partial charge in [0.15, 0.2) is 23.1 Å². The molecular formula is C18H18O6. The van der Waals surface area contributed by atoms with Crippen LogP contribution < -0.4 is 0 Å². The molecule has 0 aliphatic heterocycles. The third-order valence-electron chi connectivity index (χ3n) is 3.69. The molecule has 1 aliphatic rings. The first kappa shape index (κ1) is 17.3. The van der Waals surface area contributed by atoms with Crippen molar-refractivity contribution in [1.82, 2.24) is 0 Å². The van der Waals surface area contributed by atoms with Gasteiger partial charge in [0.25, 0.3) is 0 Å². The monoisotopic (exact) mass is 330 g/mol. The molecule has 2 rings (SSSR count). The average Bonchev–Trinajstić information content (AvgIpc) is 2.48. The minimum Gasteiger partial charge on any atom is -0.507 e. The maximum Gasteiger partial charge on any atom is 0.181 e. The standard InChI is InChI=1S/C18H18O6/c1-9(2)3-5-11-13(20)8-15(22)16(18(11)24)17(23)10-4-6-12(19)14(21)7-10/h3-4,6-8,11,19,21-23H,5H2,1-2H3/b17-16+. The average molecular weight is 330 g/mol. The van der Waals surface area contributed by atoms with Crippen molar-refractivity contribution >= 4 is 17.3 Å². The van der Waals surface area contributed by atoms with Crippen LogP contribution in [-0.4, -0.2) is 32.0 Å². The molecule has 0 radical (unpaired) electrons. The fraction of sp³-hybridized carbons (Fsp3) is 0.222. The van der Waals surface area contributed by atoms with Crippen LogP contribution in [0.3, 0.4) is 0 Å². The van der Waals surface area contributed by atoms with E-state index in [2.05, 4.69) is 0 Å². The third-order valence-corrected chi connectivity index (χ3v) is 3.69. The molecule has 0 saturated carbocycles. The molecule has 1 atom stereocenters. The van der Waals surface area contributed by atoms with Gasteiger partial charge in [-0.3, -0.25) is 9.59 Å². The molecule has 0 heterocycles. The summed E-state index contributed by atoms with van der Waals surface area (Å²) in [6.45, 7) is 3.66. The van der Waals surface area contributed by atoms with Crippen LogP contribution in [0.4, 0.5) is 0 Å². The van der Waals surface area contributed by atoms with E-state index >= 15 is 0 Å². The molecule has 0 bridgehead atoms. The topological polar surface area (TPSA) is 115 Å². The summed E-state index contributed by atoms with van der Waals surface area (Å²) in [7, 11) is 0. The number of aromatic hydroxyl groups is 2. The first-order chi connectivity index (χ1) is 11.2. The van der Waals surface area contributed by atoms with E-state index in [1.165, 1.54) is 6.07 Å². The van der Waals surface area contributed by atoms with Crippen LogP contribution in [0.2, 0.25) is 0 Å². The highest BCUT2D eigenvalue weighted by molar-refractivity contribution is 6.21. The Morgan fingerprint density at radius 1 is 1.12 bits per heavy atom. The Bertz CT molecular complexity index is 794. The summed E-state index contributed by atoms with van der Waals surface area (Å²) in [4.78, 5) is 24.5. The molecule has 0 amide bonds. The number of benzene rings is 1. The summed E-state index contributed by atoms with van der Waals surface area (Å²) >= 11 is 0. The van der Waals surface area contributed by atoms with E-state index in [0.29, 0.717) is 0 Å². The van der Waals surface area contributed by atoms with E-state index in [0.717, 1.165) is 23.8 Å². The Balaban J connectivity index is 2.52. The summed E-state index contributed by atoms with van der Waals surface area (Å²) < 4.78 is 0. The van der Waals surface area contributed by atoms with E-state index in [-0.39, 0.29) is 23.3 Å². The number of allylic oxidation sites excluding steroid dienone is 4. The van der Waals surface area contributed by atoms with Gasteiger partial charge in [-0.05, 0) is 38.5 Å². The van der Waals surface area contributed by atoms with Gasteiger partial charge >= 0.3 is 0 Å². The van der Waals surface area contributed by atoms with Crippen LogP contribution in [-0.2, 0) is 9.59 Å². The molecule has 1 aromatic rings. The molecule has 1 aliphatic carbocycles. The predicted octanol–water partition coefficient (Wildman–Crippen LogP) is 2.93. The van der Waals surface area contributed by atoms with Crippen molar-refractivity contribution in [1.29, 1.82) is 0 Å². The second kappa shape index (κ2) is 6.62. The zero-order valence-corrected chi connectivity index (χ0v) is 13.3. The highest BCUT2D eigenvalue weighted by atomic mass is 16.3. The summed E-state index contributed by atoms with van der Waals surface area (Å²) in [6.07, 6.45) is 2.82. The molecule has 0 fully saturated rings. The fourth-order valence-corrected chi connectivity index (χ4v) is 2.37. The zero-order valence-electron chi connectivity index (χ0n) is 13.3. The van der Waals surface area contributed by atoms with Gasteiger partial charge in [-0.15, -0.1) is 0 Å². The van der Waals surface area contributed by atoms with Crippen molar-refractivity contribution in [2.45, 2.75) is 20.3 Å². The Labute approximate surface area is 138 Å². The lowest BCUT2D eigenvalue weighted by molar-refractivity contribution is -0.128. The Morgan fingerprint density at radius 3 is 2.38 bits per heavy atom. The highest BCUT2D eigenvalue weighted by Gasteiger charge is 2.36. The molecule has 1 unspecified atom stereocenters. The summed E-state index contributed by atoms with van der Waals surface area (Å²) in [5.41, 5.74) is 0.586. The van der Waals surface area contributed by atoms with E-state index in [9.17, 15) is 30.0 Å². The second-order valence-corrected chi connectivity index (χ2v) is 5.79. The number of phenols is 2. The van der Waals surface area contributed by atoms with Crippen molar-refractivity contribution in [3.05, 3.63) is 52.8 Å². The zero-order chi connectivity index (χ0) is 18.0. The number of aliphatic hydroxyl groups is 2. The molecule has 0 spiro atoms. The van der Waals surface area contributed by atoms with Gasteiger partial charge in [-0.2, -0.15) is 0 Å². The summed E-state index contributed by atoms with van der Waals surface area (Å²) in [6, 6.07) is 3.47. The highest BCUT2D eigenvalue weighted by Crippen LogP contribution is 2.33. The molecular weight excluding hydrogens is 312 g/mol. The van der Waals surface area contributed by atoms with E-state index in [1.807, 2.05) is 13.8 Å². The number of carbonyl (C=O) groups is 2. The van der Waals surface area contributed by atoms with Gasteiger partial charge in [0.1, 0.15) is 17.1 Å². The van der Waals surface area contributed by atoms with Gasteiger partial charge in [-0.25, -0.2) is 0 Å². The number of ketones is 2. The minimum atomic E-state index is -1.02. The molecule has 126 valence electrons. The summed E-state index contributed by atoms with van der Waals surface area (Å²) in [5.74, 6) is -4.30. The van der Waals surface area contributed by atoms with Crippen molar-refractivity contribution in [2.24, 2.45) is 5.92 Å². The Hall–Kier alpha value is -3.02. The number of hydrogen-bond acceptors (Lipinski definition) is 6. The summed E-state index contributed by atoms with van der Waals surface area (Å²) in [5, 5.41) is 39.1. The van der Waals surface area contributed by atoms with E-state index in [1.54, 1.807) is 6.08 Å². The fourth-order valence-electron chi connectivity index (χ4n) is 2.37. The number of rotatable bonds is 3. The Morgan fingerprint density at radius 2 is 1.79 bits per heavy atom. The molecule has 24 heavy (non-hydrogen) atoms. The minimum absolute atomic E-state index is 0.0314. The molecule has 1 aromatic carbocycles. The molecule has 6 heteroatoms. The van der Waals surface area contributed by atoms with Gasteiger partial charge in [0, 0.05) is 11.6 Å². The van der Waals surface area contributed by atoms with Crippen molar-refractivity contribution < 1.29 is 30.0 Å². The van der Waals surface area contributed by atoms with Crippen molar-refractivity contribution in [3.8, 4) is 11.5 Å². The van der Waals surface area contributed by atoms with Gasteiger partial charge < -0.3 is 20.4 Å². The number of Topliss-reactive ketones (excluding diaryl/α,β-unsaturated/α-hetero) is 1. The van der Waals surface area contributed by atoms with Gasteiger partial charge in [0.05, 0.1) is 5.92 Å². The number of hydrogen-bond donors (Lipinski definition) is 4. The van der Waals surface area contributed by atoms with Crippen molar-refractivity contribution in [2.75, 3.05) is 0 Å². The second-order valence-electron chi connectivity index (χ2n) is 5.79. The SMILES string of the molecule is CC(C)=CCC1C(=O)C=C(O)/C(=C(\O)c2ccc(O)c(O)c2)C1=O. The van der Waals surface area contributed by atoms with Crippen LogP contribution >= 0.6 is 0 Å². The molecule has 0 saturated heterocycles. The smallest absolute Gasteiger partial charge is 0.181 e. The largest absolute Gasteiger partial charge is 0.507 e. The van der Waals surface area contributed by atoms with Crippen molar-refractivity contribution in [3.63, 3.8) is 0 Å². The number of aliphatic hydroxyl groups excluding tert-OH is 2. The number of carbonyl (C=O) groups excluding carboxylic acids is 2. The lowest BCUT2D eigenvalue weighted by atomic mass is 9.83. The van der Waals surface area contributed by atoms with Crippen LogP contribution in [0, 0.1) is 5.92 Å². The maximum atomic E-state index is 12.5. The molecule has 4 N–H and O–H groups in total. The van der Waals surface area contributed by atoms with Gasteiger partial charge in [0.2, 0.25) is 0 Å². The molecule has 6 nitrogen and oxygen atoms in total. The van der Waals surface area contributed by atoms with Crippen LogP contribution in [0.15, 0.2) is 47.3 Å². The van der Waals surface area contributed by atoms with E-state index in [4.69, 9.17) is 0 Å². The third kappa shape index (κ3) is 3.32. The van der Waals surface area contributed by atoms with E-state index < -0.39 is 34.8 Å². The van der Waals surface area contributed by atoms with Crippen LogP contribution in [0.25, 0.3) is 5.76 Å². The first-order valence-electron chi connectivity index (χ1n) is 7.30. The maximum absolute atomic E-state index is 12.5. The van der Waals surface area contributed by atoms with Crippen LogP contribution in [0.1, 0.15) is 25.8 Å². The quantitative estimate of drug-likeness (QED) is 0.223. The first-order valence-corrected chi connectivity index (χ1v) is 7.30. The molecule has 0 aromatic heterocycles. The van der Waals surface area contributed by atoms with Gasteiger partial charge in [-0.1, -0.05) is 11.6 Å². The Kier molecular flexibility index (Phi) is 4.78.